The van der Waals surface area contributed by atoms with Gasteiger partial charge in [-0.2, -0.15) is 0 Å². The first-order chi connectivity index (χ1) is 18.8. The normalized spacial score (nSPS) is 19.9. The molecule has 3 aromatic carbocycles. The van der Waals surface area contributed by atoms with E-state index in [2.05, 4.69) is 0 Å². The van der Waals surface area contributed by atoms with Crippen LogP contribution in [0.25, 0.3) is 16.0 Å². The lowest BCUT2D eigenvalue weighted by atomic mass is 9.94. The molecule has 6 rings (SSSR count). The number of ether oxygens (including phenoxy) is 2. The van der Waals surface area contributed by atoms with E-state index in [4.69, 9.17) is 14.5 Å². The van der Waals surface area contributed by atoms with Crippen LogP contribution in [-0.2, 0) is 16.0 Å². The van der Waals surface area contributed by atoms with E-state index in [9.17, 15) is 14.7 Å². The number of aryl methyl sites for hydroxylation is 1. The Balaban J connectivity index is 1.49. The Kier molecular flexibility index (Phi) is 6.35. The van der Waals surface area contributed by atoms with Gasteiger partial charge in [-0.1, -0.05) is 36.5 Å². The lowest BCUT2D eigenvalue weighted by Gasteiger charge is -2.23. The number of rotatable bonds is 6. The Labute approximate surface area is 230 Å². The van der Waals surface area contributed by atoms with Crippen LogP contribution in [0, 0.1) is 6.92 Å². The third-order valence-electron chi connectivity index (χ3n) is 7.02. The molecule has 1 aromatic heterocycles. The van der Waals surface area contributed by atoms with E-state index in [1.165, 1.54) is 16.2 Å². The monoisotopic (exact) mass is 540 g/mol. The van der Waals surface area contributed by atoms with Crippen molar-refractivity contribution < 1.29 is 24.2 Å². The number of Topliss-reactive ketones (excluding diaryl/α,β-unsaturated/α-hetero) is 1. The van der Waals surface area contributed by atoms with Crippen molar-refractivity contribution in [1.29, 1.82) is 0 Å². The van der Waals surface area contributed by atoms with Gasteiger partial charge in [0.15, 0.2) is 5.13 Å². The maximum Gasteiger partial charge on any atom is 0.301 e. The third kappa shape index (κ3) is 4.44. The molecule has 3 heterocycles. The van der Waals surface area contributed by atoms with E-state index in [1.54, 1.807) is 12.1 Å². The molecule has 2 aliphatic rings. The van der Waals surface area contributed by atoms with E-state index >= 15 is 0 Å². The number of fused-ring (bicyclic) bond motifs is 2. The zero-order valence-electron chi connectivity index (χ0n) is 21.9. The summed E-state index contributed by atoms with van der Waals surface area (Å²) in [7, 11) is 0. The summed E-state index contributed by atoms with van der Waals surface area (Å²) in [4.78, 5) is 33.3. The molecule has 2 aliphatic heterocycles. The van der Waals surface area contributed by atoms with Crippen molar-refractivity contribution in [3.63, 3.8) is 0 Å². The molecule has 1 N–H and O–H groups in total. The van der Waals surface area contributed by atoms with Crippen molar-refractivity contribution in [3.8, 4) is 11.5 Å². The molecule has 1 amide bonds. The molecule has 8 heteroatoms. The van der Waals surface area contributed by atoms with Crippen LogP contribution in [0.1, 0.15) is 48.6 Å². The van der Waals surface area contributed by atoms with Gasteiger partial charge in [0, 0.05) is 12.0 Å². The first kappa shape index (κ1) is 25.1. The van der Waals surface area contributed by atoms with Gasteiger partial charge in [-0.25, -0.2) is 4.98 Å². The van der Waals surface area contributed by atoms with Crippen LogP contribution in [0.15, 0.2) is 66.2 Å². The topological polar surface area (TPSA) is 89.0 Å². The molecule has 0 aliphatic carbocycles. The van der Waals surface area contributed by atoms with Crippen LogP contribution < -0.4 is 14.4 Å². The number of hydrogen-bond acceptors (Lipinski definition) is 7. The minimum atomic E-state index is -0.852. The second kappa shape index (κ2) is 9.85. The summed E-state index contributed by atoms with van der Waals surface area (Å²) in [5, 5.41) is 12.0. The fourth-order valence-electron chi connectivity index (χ4n) is 5.16. The van der Waals surface area contributed by atoms with E-state index in [0.29, 0.717) is 35.0 Å². The number of carbonyl (C=O) groups excluding carboxylic acids is 2. The van der Waals surface area contributed by atoms with Crippen molar-refractivity contribution >= 4 is 44.1 Å². The summed E-state index contributed by atoms with van der Waals surface area (Å²) in [6.07, 6.45) is 1.63. The Morgan fingerprint density at radius 3 is 2.69 bits per heavy atom. The Hall–Kier alpha value is -4.17. The SMILES string of the molecule is CCCOc1ccc([C@@H]2C(=C(O)c3ccc4c(c3)C[C@H](C)O4)C(=O)C(=O)N2c2nc3ccc(C)cc3s2)cc1. The molecular formula is C31H28N2O5S. The predicted molar refractivity (Wildman–Crippen MR) is 152 cm³/mol. The smallest absolute Gasteiger partial charge is 0.301 e. The number of carbonyl (C=O) groups is 2. The van der Waals surface area contributed by atoms with Crippen LogP contribution in [0.4, 0.5) is 5.13 Å². The number of amides is 1. The zero-order chi connectivity index (χ0) is 27.3. The number of aliphatic hydroxyl groups excluding tert-OH is 1. The van der Waals surface area contributed by atoms with Crippen LogP contribution in [0.2, 0.25) is 0 Å². The fraction of sp³-hybridized carbons (Fsp3) is 0.258. The number of benzene rings is 3. The van der Waals surface area contributed by atoms with Gasteiger partial charge < -0.3 is 14.6 Å². The van der Waals surface area contributed by atoms with Gasteiger partial charge in [-0.05, 0) is 79.4 Å². The van der Waals surface area contributed by atoms with Crippen LogP contribution in [0.3, 0.4) is 0 Å². The zero-order valence-corrected chi connectivity index (χ0v) is 22.7. The molecule has 2 atom stereocenters. The van der Waals surface area contributed by atoms with E-state index in [0.717, 1.165) is 33.5 Å². The van der Waals surface area contributed by atoms with Gasteiger partial charge in [-0.15, -0.1) is 0 Å². The first-order valence-electron chi connectivity index (χ1n) is 13.0. The van der Waals surface area contributed by atoms with Crippen molar-refractivity contribution in [2.75, 3.05) is 11.5 Å². The molecule has 1 fully saturated rings. The highest BCUT2D eigenvalue weighted by Crippen LogP contribution is 2.45. The Bertz CT molecular complexity index is 1640. The fourth-order valence-corrected chi connectivity index (χ4v) is 6.25. The quantitative estimate of drug-likeness (QED) is 0.174. The summed E-state index contributed by atoms with van der Waals surface area (Å²) in [6, 6.07) is 17.7. The second-order valence-electron chi connectivity index (χ2n) is 10.0. The maximum atomic E-state index is 13.6. The average Bonchev–Trinajstić information content (AvgIpc) is 3.59. The standard InChI is InChI=1S/C31H28N2O5S/c1-4-13-37-22-9-6-19(7-10-22)27-26(28(34)20-8-12-24-21(16-20)15-18(3)38-24)29(35)30(36)33(27)31-32-23-11-5-17(2)14-25(23)39-31/h5-12,14,16,18,27,34H,4,13,15H2,1-3H3/t18-,27+/m0/s1. The lowest BCUT2D eigenvalue weighted by Crippen LogP contribution is -2.29. The second-order valence-corrected chi connectivity index (χ2v) is 11.0. The van der Waals surface area contributed by atoms with Crippen molar-refractivity contribution in [3.05, 3.63) is 88.5 Å². The van der Waals surface area contributed by atoms with Crippen LogP contribution >= 0.6 is 11.3 Å². The van der Waals surface area contributed by atoms with Gasteiger partial charge in [0.05, 0.1) is 28.4 Å². The number of nitrogens with zero attached hydrogens (tertiary/aromatic N) is 2. The molecule has 0 bridgehead atoms. The minimum absolute atomic E-state index is 0.0320. The molecule has 0 radical (unpaired) electrons. The van der Waals surface area contributed by atoms with Crippen LogP contribution in [0.5, 0.6) is 11.5 Å². The summed E-state index contributed by atoms with van der Waals surface area (Å²) in [5.74, 6) is -0.221. The van der Waals surface area contributed by atoms with Gasteiger partial charge in [0.1, 0.15) is 23.4 Å². The molecular weight excluding hydrogens is 512 g/mol. The Morgan fingerprint density at radius 2 is 1.92 bits per heavy atom. The summed E-state index contributed by atoms with van der Waals surface area (Å²) < 4.78 is 12.5. The number of ketones is 1. The van der Waals surface area contributed by atoms with Crippen molar-refractivity contribution in [2.45, 2.75) is 45.8 Å². The Morgan fingerprint density at radius 1 is 1.13 bits per heavy atom. The highest BCUT2D eigenvalue weighted by atomic mass is 32.1. The van der Waals surface area contributed by atoms with Gasteiger partial charge in [0.25, 0.3) is 5.78 Å². The van der Waals surface area contributed by atoms with Crippen molar-refractivity contribution in [2.24, 2.45) is 0 Å². The molecule has 39 heavy (non-hydrogen) atoms. The highest BCUT2D eigenvalue weighted by molar-refractivity contribution is 7.22. The molecule has 0 spiro atoms. The number of thiazole rings is 1. The highest BCUT2D eigenvalue weighted by Gasteiger charge is 2.48. The number of aliphatic hydroxyl groups is 1. The van der Waals surface area contributed by atoms with Gasteiger partial charge in [0.2, 0.25) is 0 Å². The van der Waals surface area contributed by atoms with Crippen molar-refractivity contribution in [1.82, 2.24) is 4.98 Å². The minimum Gasteiger partial charge on any atom is -0.507 e. The predicted octanol–water partition coefficient (Wildman–Crippen LogP) is 6.34. The van der Waals surface area contributed by atoms with Gasteiger partial charge in [-0.3, -0.25) is 14.5 Å². The molecule has 0 saturated carbocycles. The largest absolute Gasteiger partial charge is 0.507 e. The molecule has 7 nitrogen and oxygen atoms in total. The summed E-state index contributed by atoms with van der Waals surface area (Å²) >= 11 is 1.35. The van der Waals surface area contributed by atoms with E-state index in [-0.39, 0.29) is 17.4 Å². The maximum absolute atomic E-state index is 13.6. The van der Waals surface area contributed by atoms with Crippen LogP contribution in [-0.4, -0.2) is 34.5 Å². The molecule has 1 saturated heterocycles. The van der Waals surface area contributed by atoms with E-state index < -0.39 is 17.7 Å². The third-order valence-corrected chi connectivity index (χ3v) is 8.04. The number of aromatic nitrogens is 1. The molecule has 4 aromatic rings. The number of anilines is 1. The molecule has 198 valence electrons. The lowest BCUT2D eigenvalue weighted by molar-refractivity contribution is -0.132. The summed E-state index contributed by atoms with van der Waals surface area (Å²) in [6.45, 7) is 6.60. The first-order valence-corrected chi connectivity index (χ1v) is 13.9. The van der Waals surface area contributed by atoms with E-state index in [1.807, 2.05) is 69.3 Å². The summed E-state index contributed by atoms with van der Waals surface area (Å²) in [5.41, 5.74) is 3.96. The molecule has 0 unspecified atom stereocenters. The number of hydrogen-bond donors (Lipinski definition) is 1. The average molecular weight is 541 g/mol. The van der Waals surface area contributed by atoms with Gasteiger partial charge >= 0.3 is 5.91 Å².